The lowest BCUT2D eigenvalue weighted by Gasteiger charge is -2.25. The van der Waals surface area contributed by atoms with Gasteiger partial charge in [0.2, 0.25) is 0 Å². The zero-order valence-corrected chi connectivity index (χ0v) is 21.8. The smallest absolute Gasteiger partial charge is 0.338 e. The zero-order chi connectivity index (χ0) is 27.0. The third-order valence-corrected chi connectivity index (χ3v) is 7.29. The fraction of sp³-hybridized carbons (Fsp3) is 0.148. The largest absolute Gasteiger partial charge is 0.463 e. The van der Waals surface area contributed by atoms with E-state index in [0.29, 0.717) is 42.7 Å². The predicted octanol–water partition coefficient (Wildman–Crippen LogP) is 4.62. The molecule has 0 fully saturated rings. The molecule has 4 aromatic rings. The summed E-state index contributed by atoms with van der Waals surface area (Å²) in [7, 11) is 0. The lowest BCUT2D eigenvalue weighted by molar-refractivity contribution is -0.384. The highest BCUT2D eigenvalue weighted by Gasteiger charge is 2.34. The monoisotopic (exact) mass is 549 g/mol. The van der Waals surface area contributed by atoms with Gasteiger partial charge >= 0.3 is 5.97 Å². The minimum atomic E-state index is -0.821. The fourth-order valence-electron chi connectivity index (χ4n) is 4.27. The molecule has 192 valence electrons. The van der Waals surface area contributed by atoms with Gasteiger partial charge in [-0.05, 0) is 37.6 Å². The van der Waals surface area contributed by atoms with Gasteiger partial charge in [0.15, 0.2) is 4.80 Å². The van der Waals surface area contributed by atoms with E-state index in [-0.39, 0.29) is 23.4 Å². The van der Waals surface area contributed by atoms with Crippen LogP contribution >= 0.6 is 22.9 Å². The second-order valence-corrected chi connectivity index (χ2v) is 9.75. The summed E-state index contributed by atoms with van der Waals surface area (Å²) in [5.74, 6) is 0.232. The molecule has 3 heterocycles. The van der Waals surface area contributed by atoms with Crippen molar-refractivity contribution in [1.29, 1.82) is 0 Å². The van der Waals surface area contributed by atoms with Crippen molar-refractivity contribution in [2.45, 2.75) is 19.9 Å². The Bertz CT molecular complexity index is 1800. The van der Waals surface area contributed by atoms with Crippen molar-refractivity contribution in [3.05, 3.63) is 118 Å². The molecule has 1 unspecified atom stereocenters. The molecule has 0 N–H and O–H groups in total. The minimum Gasteiger partial charge on any atom is -0.463 e. The summed E-state index contributed by atoms with van der Waals surface area (Å²) in [4.78, 5) is 42.2. The van der Waals surface area contributed by atoms with E-state index in [1.807, 2.05) is 0 Å². The van der Waals surface area contributed by atoms with Crippen molar-refractivity contribution in [2.75, 3.05) is 6.61 Å². The number of hydrogen-bond donors (Lipinski definition) is 0. The summed E-state index contributed by atoms with van der Waals surface area (Å²) < 4.78 is 13.0. The number of benzene rings is 2. The number of ether oxygens (including phenoxy) is 1. The highest BCUT2D eigenvalue weighted by atomic mass is 35.5. The summed E-state index contributed by atoms with van der Waals surface area (Å²) in [6.45, 7) is 3.57. The molecule has 38 heavy (non-hydrogen) atoms. The van der Waals surface area contributed by atoms with Crippen molar-refractivity contribution in [1.82, 2.24) is 4.57 Å². The highest BCUT2D eigenvalue weighted by molar-refractivity contribution is 7.07. The van der Waals surface area contributed by atoms with Gasteiger partial charge in [0.25, 0.3) is 11.2 Å². The first-order chi connectivity index (χ1) is 18.3. The van der Waals surface area contributed by atoms with Gasteiger partial charge in [0.05, 0.1) is 27.3 Å². The van der Waals surface area contributed by atoms with Crippen LogP contribution in [0, 0.1) is 10.1 Å². The Morgan fingerprint density at radius 1 is 1.24 bits per heavy atom. The van der Waals surface area contributed by atoms with E-state index in [9.17, 15) is 19.7 Å². The molecule has 1 atom stereocenters. The molecule has 0 radical (unpaired) electrons. The maximum atomic E-state index is 13.7. The topological polar surface area (TPSA) is 117 Å². The zero-order valence-electron chi connectivity index (χ0n) is 20.2. The van der Waals surface area contributed by atoms with Gasteiger partial charge in [-0.15, -0.1) is 0 Å². The van der Waals surface area contributed by atoms with Crippen LogP contribution in [0.4, 0.5) is 5.69 Å². The third-order valence-electron chi connectivity index (χ3n) is 5.96. The van der Waals surface area contributed by atoms with E-state index < -0.39 is 16.9 Å². The van der Waals surface area contributed by atoms with E-state index in [0.717, 1.165) is 11.3 Å². The van der Waals surface area contributed by atoms with Gasteiger partial charge in [0, 0.05) is 28.8 Å². The fourth-order valence-corrected chi connectivity index (χ4v) is 5.54. The van der Waals surface area contributed by atoms with Gasteiger partial charge in [-0.2, -0.15) is 0 Å². The third kappa shape index (κ3) is 4.59. The molecule has 0 saturated heterocycles. The molecule has 1 aliphatic heterocycles. The van der Waals surface area contributed by atoms with E-state index in [1.54, 1.807) is 68.5 Å². The summed E-state index contributed by atoms with van der Waals surface area (Å²) >= 11 is 7.67. The van der Waals surface area contributed by atoms with Gasteiger partial charge in [-0.1, -0.05) is 53.3 Å². The second-order valence-electron chi connectivity index (χ2n) is 8.33. The van der Waals surface area contributed by atoms with Crippen LogP contribution in [0.25, 0.3) is 17.4 Å². The minimum absolute atomic E-state index is 0.0545. The number of halogens is 1. The van der Waals surface area contributed by atoms with Crippen LogP contribution in [0.15, 0.2) is 86.1 Å². The van der Waals surface area contributed by atoms with Crippen molar-refractivity contribution in [3.63, 3.8) is 0 Å². The molecule has 5 rings (SSSR count). The molecule has 9 nitrogen and oxygen atoms in total. The number of aromatic nitrogens is 1. The molecule has 11 heteroatoms. The molecule has 0 bridgehead atoms. The first-order valence-corrected chi connectivity index (χ1v) is 12.8. The quantitative estimate of drug-likeness (QED) is 0.197. The summed E-state index contributed by atoms with van der Waals surface area (Å²) in [6.07, 6.45) is 1.58. The number of nitro groups is 1. The van der Waals surface area contributed by atoms with Crippen molar-refractivity contribution in [3.8, 4) is 11.3 Å². The standard InChI is InChI=1S/C27H20ClN3O6S/c1-3-36-26(33)23-15(2)29-27-30(24(23)19-9-4-5-10-20(19)28)25(32)22(38-27)14-18-11-12-21(37-18)16-7-6-8-17(13-16)31(34)35/h4-14,24H,3H2,1-2H3/b22-14-. The average Bonchev–Trinajstić information content (AvgIpc) is 3.48. The van der Waals surface area contributed by atoms with Crippen molar-refractivity contribution in [2.24, 2.45) is 4.99 Å². The molecule has 0 amide bonds. The van der Waals surface area contributed by atoms with Crippen LogP contribution in [-0.2, 0) is 9.53 Å². The van der Waals surface area contributed by atoms with Gasteiger partial charge in [-0.3, -0.25) is 19.5 Å². The van der Waals surface area contributed by atoms with Crippen LogP contribution in [0.2, 0.25) is 5.02 Å². The Balaban J connectivity index is 1.63. The van der Waals surface area contributed by atoms with Crippen LogP contribution < -0.4 is 14.9 Å². The Morgan fingerprint density at radius 3 is 2.76 bits per heavy atom. The van der Waals surface area contributed by atoms with E-state index in [1.165, 1.54) is 16.7 Å². The van der Waals surface area contributed by atoms with Crippen LogP contribution in [-0.4, -0.2) is 22.1 Å². The Labute approximate surface area is 224 Å². The SMILES string of the molecule is CCOC(=O)C1=C(C)N=c2s/c(=C\c3ccc(-c4cccc([N+](=O)[O-])c4)o3)c(=O)n2C1c1ccccc1Cl. The Morgan fingerprint density at radius 2 is 2.03 bits per heavy atom. The lowest BCUT2D eigenvalue weighted by Crippen LogP contribution is -2.40. The maximum Gasteiger partial charge on any atom is 0.338 e. The van der Waals surface area contributed by atoms with Gasteiger partial charge in [-0.25, -0.2) is 9.79 Å². The Kier molecular flexibility index (Phi) is 6.83. The molecular formula is C27H20ClN3O6S. The molecule has 0 spiro atoms. The summed E-state index contributed by atoms with van der Waals surface area (Å²) in [6, 6.07) is 15.6. The molecule has 2 aromatic heterocycles. The number of thiazole rings is 1. The number of allylic oxidation sites excluding steroid dienone is 1. The lowest BCUT2D eigenvalue weighted by atomic mass is 9.96. The van der Waals surface area contributed by atoms with Crippen molar-refractivity contribution < 1.29 is 18.9 Å². The molecule has 2 aromatic carbocycles. The molecule has 0 aliphatic carbocycles. The first-order valence-electron chi connectivity index (χ1n) is 11.6. The normalized spacial score (nSPS) is 15.2. The van der Waals surface area contributed by atoms with E-state index >= 15 is 0 Å². The average molecular weight is 550 g/mol. The van der Waals surface area contributed by atoms with Crippen molar-refractivity contribution >= 4 is 40.7 Å². The van der Waals surface area contributed by atoms with Crippen LogP contribution in [0.3, 0.4) is 0 Å². The number of esters is 1. The molecular weight excluding hydrogens is 530 g/mol. The number of nitro benzene ring substituents is 1. The number of hydrogen-bond acceptors (Lipinski definition) is 8. The number of fused-ring (bicyclic) bond motifs is 1. The summed E-state index contributed by atoms with van der Waals surface area (Å²) in [5, 5.41) is 11.5. The molecule has 0 saturated carbocycles. The molecule has 1 aliphatic rings. The van der Waals surface area contributed by atoms with E-state index in [2.05, 4.69) is 4.99 Å². The first kappa shape index (κ1) is 25.4. The van der Waals surface area contributed by atoms with Gasteiger partial charge in [0.1, 0.15) is 17.6 Å². The number of carbonyl (C=O) groups excluding carboxylic acids is 1. The number of non-ortho nitro benzene ring substituents is 1. The number of furan rings is 1. The van der Waals surface area contributed by atoms with Crippen LogP contribution in [0.1, 0.15) is 31.2 Å². The second kappa shape index (κ2) is 10.2. The highest BCUT2D eigenvalue weighted by Crippen LogP contribution is 2.34. The Hall–Kier alpha value is -4.28. The number of carbonyl (C=O) groups is 1. The van der Waals surface area contributed by atoms with Gasteiger partial charge < -0.3 is 9.15 Å². The maximum absolute atomic E-state index is 13.7. The van der Waals surface area contributed by atoms with E-state index in [4.69, 9.17) is 20.8 Å². The number of rotatable bonds is 6. The van der Waals surface area contributed by atoms with Crippen LogP contribution in [0.5, 0.6) is 0 Å². The number of nitrogens with zero attached hydrogens (tertiary/aromatic N) is 3. The summed E-state index contributed by atoms with van der Waals surface area (Å²) in [5.41, 5.74) is 1.36. The predicted molar refractivity (Wildman–Crippen MR) is 143 cm³/mol.